The lowest BCUT2D eigenvalue weighted by atomic mass is 10.1. The van der Waals surface area contributed by atoms with E-state index in [4.69, 9.17) is 16.3 Å². The van der Waals surface area contributed by atoms with Crippen LogP contribution < -0.4 is 10.1 Å². The monoisotopic (exact) mass is 305 g/mol. The van der Waals surface area contributed by atoms with Crippen molar-refractivity contribution in [2.45, 2.75) is 39.8 Å². The number of hydrogen-bond acceptors (Lipinski definition) is 4. The molecule has 0 aliphatic heterocycles. The van der Waals surface area contributed by atoms with E-state index in [2.05, 4.69) is 15.3 Å². The first-order chi connectivity index (χ1) is 9.94. The minimum atomic E-state index is 0.0531. The minimum absolute atomic E-state index is 0.0531. The van der Waals surface area contributed by atoms with Gasteiger partial charge in [-0.3, -0.25) is 0 Å². The highest BCUT2D eigenvalue weighted by Gasteiger charge is 2.10. The molecule has 0 saturated carbocycles. The summed E-state index contributed by atoms with van der Waals surface area (Å²) < 4.78 is 5.63. The summed E-state index contributed by atoms with van der Waals surface area (Å²) >= 11 is 6.02. The summed E-state index contributed by atoms with van der Waals surface area (Å²) in [6, 6.07) is 9.62. The number of halogens is 1. The van der Waals surface area contributed by atoms with Crippen LogP contribution in [0.3, 0.4) is 0 Å². The first kappa shape index (κ1) is 15.6. The molecule has 0 amide bonds. The van der Waals surface area contributed by atoms with Crippen molar-refractivity contribution in [3.63, 3.8) is 0 Å². The van der Waals surface area contributed by atoms with E-state index in [1.807, 2.05) is 58.0 Å². The molecule has 1 aromatic heterocycles. The molecule has 0 saturated heterocycles. The van der Waals surface area contributed by atoms with E-state index in [9.17, 15) is 0 Å². The predicted octanol–water partition coefficient (Wildman–Crippen LogP) is 4.40. The van der Waals surface area contributed by atoms with Crippen LogP contribution in [0.4, 0.5) is 5.95 Å². The van der Waals surface area contributed by atoms with Gasteiger partial charge in [0.15, 0.2) is 0 Å². The van der Waals surface area contributed by atoms with E-state index >= 15 is 0 Å². The van der Waals surface area contributed by atoms with E-state index in [1.165, 1.54) is 0 Å². The molecule has 4 nitrogen and oxygen atoms in total. The highest BCUT2D eigenvalue weighted by Crippen LogP contribution is 2.21. The van der Waals surface area contributed by atoms with Crippen LogP contribution in [0.1, 0.15) is 38.1 Å². The van der Waals surface area contributed by atoms with Gasteiger partial charge < -0.3 is 10.1 Å². The quantitative estimate of drug-likeness (QED) is 0.889. The number of nitrogens with zero attached hydrogens (tertiary/aromatic N) is 2. The van der Waals surface area contributed by atoms with Gasteiger partial charge in [-0.25, -0.2) is 4.98 Å². The Balaban J connectivity index is 2.17. The van der Waals surface area contributed by atoms with Crippen molar-refractivity contribution in [1.82, 2.24) is 9.97 Å². The molecular weight excluding hydrogens is 286 g/mol. The average Bonchev–Trinajstić information content (AvgIpc) is 2.37. The van der Waals surface area contributed by atoms with Gasteiger partial charge in [0, 0.05) is 16.8 Å². The third kappa shape index (κ3) is 4.60. The maximum absolute atomic E-state index is 6.02. The Morgan fingerprint density at radius 2 is 1.90 bits per heavy atom. The van der Waals surface area contributed by atoms with E-state index in [0.717, 1.165) is 16.3 Å². The van der Waals surface area contributed by atoms with Gasteiger partial charge in [0.05, 0.1) is 12.1 Å². The van der Waals surface area contributed by atoms with Crippen LogP contribution >= 0.6 is 11.6 Å². The molecule has 0 bridgehead atoms. The first-order valence-corrected chi connectivity index (χ1v) is 7.36. The van der Waals surface area contributed by atoms with Crippen molar-refractivity contribution >= 4 is 17.5 Å². The lowest BCUT2D eigenvalue weighted by Crippen LogP contribution is -2.12. The number of hydrogen-bond donors (Lipinski definition) is 1. The molecule has 0 spiro atoms. The summed E-state index contributed by atoms with van der Waals surface area (Å²) in [5.74, 6) is 1.14. The van der Waals surface area contributed by atoms with E-state index < -0.39 is 0 Å². The molecule has 1 heterocycles. The summed E-state index contributed by atoms with van der Waals surface area (Å²) in [5.41, 5.74) is 1.94. The number of benzene rings is 1. The van der Waals surface area contributed by atoms with Crippen LogP contribution in [-0.4, -0.2) is 16.1 Å². The second kappa shape index (κ2) is 6.76. The SMILES string of the molecule is Cc1cc(OC(C)C)nc(NC(C)c2cccc(Cl)c2)n1. The topological polar surface area (TPSA) is 47.0 Å². The molecule has 1 atom stereocenters. The molecule has 0 radical (unpaired) electrons. The molecule has 1 N–H and O–H groups in total. The fourth-order valence-corrected chi connectivity index (χ4v) is 2.16. The van der Waals surface area contributed by atoms with Crippen LogP contribution in [0.2, 0.25) is 5.02 Å². The standard InChI is InChI=1S/C16H20ClN3O/c1-10(2)21-15-8-11(3)18-16(20-15)19-12(4)13-6-5-7-14(17)9-13/h5-10,12H,1-4H3,(H,18,19,20). The second-order valence-corrected chi connectivity index (χ2v) is 5.70. The lowest BCUT2D eigenvalue weighted by Gasteiger charge is -2.16. The summed E-state index contributed by atoms with van der Waals surface area (Å²) in [4.78, 5) is 8.78. The van der Waals surface area contributed by atoms with Crippen LogP contribution in [0.25, 0.3) is 0 Å². The minimum Gasteiger partial charge on any atom is -0.475 e. The zero-order valence-corrected chi connectivity index (χ0v) is 13.5. The molecule has 0 aliphatic rings. The van der Waals surface area contributed by atoms with Gasteiger partial charge in [-0.15, -0.1) is 0 Å². The predicted molar refractivity (Wildman–Crippen MR) is 86.0 cm³/mol. The average molecular weight is 306 g/mol. The fraction of sp³-hybridized carbons (Fsp3) is 0.375. The summed E-state index contributed by atoms with van der Waals surface area (Å²) in [6.45, 7) is 7.91. The Kier molecular flexibility index (Phi) is 5.02. The van der Waals surface area contributed by atoms with Crippen LogP contribution in [0, 0.1) is 6.92 Å². The highest BCUT2D eigenvalue weighted by molar-refractivity contribution is 6.30. The van der Waals surface area contributed by atoms with Gasteiger partial charge in [-0.1, -0.05) is 23.7 Å². The molecule has 2 rings (SSSR count). The fourth-order valence-electron chi connectivity index (χ4n) is 1.96. The molecule has 112 valence electrons. The van der Waals surface area contributed by atoms with Crippen LogP contribution in [0.15, 0.2) is 30.3 Å². The number of ether oxygens (including phenoxy) is 1. The van der Waals surface area contributed by atoms with Gasteiger partial charge in [0.25, 0.3) is 0 Å². The van der Waals surface area contributed by atoms with Gasteiger partial charge in [0.2, 0.25) is 11.8 Å². The first-order valence-electron chi connectivity index (χ1n) is 6.98. The zero-order chi connectivity index (χ0) is 15.4. The Morgan fingerprint density at radius 1 is 1.14 bits per heavy atom. The molecule has 1 unspecified atom stereocenters. The van der Waals surface area contributed by atoms with Crippen LogP contribution in [-0.2, 0) is 0 Å². The normalized spacial score (nSPS) is 12.3. The summed E-state index contributed by atoms with van der Waals surface area (Å²) in [7, 11) is 0. The van der Waals surface area contributed by atoms with Gasteiger partial charge >= 0.3 is 0 Å². The Morgan fingerprint density at radius 3 is 2.57 bits per heavy atom. The smallest absolute Gasteiger partial charge is 0.226 e. The Labute approximate surface area is 130 Å². The van der Waals surface area contributed by atoms with Crippen molar-refractivity contribution in [2.75, 3.05) is 5.32 Å². The summed E-state index contributed by atoms with van der Waals surface area (Å²) in [6.07, 6.45) is 0.0810. The molecule has 0 fully saturated rings. The third-order valence-electron chi connectivity index (χ3n) is 2.88. The number of nitrogens with one attached hydrogen (secondary N) is 1. The number of rotatable bonds is 5. The van der Waals surface area contributed by atoms with Crippen molar-refractivity contribution in [1.29, 1.82) is 0 Å². The van der Waals surface area contributed by atoms with Crippen molar-refractivity contribution in [3.05, 3.63) is 46.6 Å². The van der Waals surface area contributed by atoms with Crippen molar-refractivity contribution in [2.24, 2.45) is 0 Å². The Bertz CT molecular complexity index is 616. The van der Waals surface area contributed by atoms with Gasteiger partial charge in [0.1, 0.15) is 0 Å². The zero-order valence-electron chi connectivity index (χ0n) is 12.7. The number of anilines is 1. The maximum Gasteiger partial charge on any atom is 0.226 e. The highest BCUT2D eigenvalue weighted by atomic mass is 35.5. The molecule has 1 aromatic carbocycles. The number of aryl methyl sites for hydroxylation is 1. The van der Waals surface area contributed by atoms with Crippen molar-refractivity contribution in [3.8, 4) is 5.88 Å². The lowest BCUT2D eigenvalue weighted by molar-refractivity contribution is 0.232. The van der Waals surface area contributed by atoms with Crippen molar-refractivity contribution < 1.29 is 4.74 Å². The third-order valence-corrected chi connectivity index (χ3v) is 3.12. The van der Waals surface area contributed by atoms with E-state index in [-0.39, 0.29) is 12.1 Å². The Hall–Kier alpha value is -1.81. The molecule has 5 heteroatoms. The van der Waals surface area contributed by atoms with E-state index in [1.54, 1.807) is 0 Å². The van der Waals surface area contributed by atoms with Gasteiger partial charge in [-0.05, 0) is 45.4 Å². The van der Waals surface area contributed by atoms with E-state index in [0.29, 0.717) is 11.8 Å². The molecule has 0 aliphatic carbocycles. The molecule has 2 aromatic rings. The molecular formula is C16H20ClN3O. The second-order valence-electron chi connectivity index (χ2n) is 5.26. The van der Waals surface area contributed by atoms with Gasteiger partial charge in [-0.2, -0.15) is 4.98 Å². The summed E-state index contributed by atoms with van der Waals surface area (Å²) in [5, 5.41) is 4.00. The maximum atomic E-state index is 6.02. The van der Waals surface area contributed by atoms with Crippen LogP contribution in [0.5, 0.6) is 5.88 Å². The number of aromatic nitrogens is 2. The largest absolute Gasteiger partial charge is 0.475 e. The molecule has 21 heavy (non-hydrogen) atoms.